The lowest BCUT2D eigenvalue weighted by Crippen LogP contribution is -2.31. The van der Waals surface area contributed by atoms with Gasteiger partial charge in [-0.15, -0.1) is 0 Å². The van der Waals surface area contributed by atoms with Crippen molar-refractivity contribution in [2.24, 2.45) is 0 Å². The van der Waals surface area contributed by atoms with Crippen LogP contribution in [-0.4, -0.2) is 29.1 Å². The van der Waals surface area contributed by atoms with Gasteiger partial charge in [-0.2, -0.15) is 0 Å². The van der Waals surface area contributed by atoms with Crippen molar-refractivity contribution in [3.8, 4) is 0 Å². The third-order valence-electron chi connectivity index (χ3n) is 2.04. The lowest BCUT2D eigenvalue weighted by Gasteiger charge is -2.20. The third kappa shape index (κ3) is 3.58. The summed E-state index contributed by atoms with van der Waals surface area (Å²) < 4.78 is 0. The Balaban J connectivity index is 2.78. The molecule has 0 fully saturated rings. The number of aliphatic carboxylic acids is 1. The minimum Gasteiger partial charge on any atom is -0.480 e. The molecule has 0 aliphatic carbocycles. The van der Waals surface area contributed by atoms with E-state index >= 15 is 0 Å². The van der Waals surface area contributed by atoms with Crippen molar-refractivity contribution < 1.29 is 9.90 Å². The molecule has 0 saturated carbocycles. The molecule has 0 aliphatic heterocycles. The molecular weight excluding hydrogens is 192 g/mol. The van der Waals surface area contributed by atoms with E-state index in [2.05, 4.69) is 4.98 Å². The fraction of sp³-hybridized carbons (Fsp3) is 0.455. The summed E-state index contributed by atoms with van der Waals surface area (Å²) in [6.07, 6.45) is 2.66. The van der Waals surface area contributed by atoms with Crippen LogP contribution in [0.1, 0.15) is 18.9 Å². The maximum absolute atomic E-state index is 10.7. The van der Waals surface area contributed by atoms with E-state index in [9.17, 15) is 4.79 Å². The number of anilines is 1. The Morgan fingerprint density at radius 2 is 2.27 bits per heavy atom. The second kappa shape index (κ2) is 5.34. The molecule has 1 rings (SSSR count). The molecule has 0 amide bonds. The molecule has 0 aliphatic rings. The fourth-order valence-corrected chi connectivity index (χ4v) is 1.35. The first-order valence-corrected chi connectivity index (χ1v) is 5.03. The summed E-state index contributed by atoms with van der Waals surface area (Å²) in [5.74, 6) is -0.101. The molecule has 1 N–H and O–H groups in total. The molecule has 0 spiro atoms. The molecule has 1 aromatic heterocycles. The summed E-state index contributed by atoms with van der Waals surface area (Å²) in [5, 5.41) is 8.76. The quantitative estimate of drug-likeness (QED) is 0.800. The average Bonchev–Trinajstić information content (AvgIpc) is 2.17. The van der Waals surface area contributed by atoms with E-state index in [1.54, 1.807) is 11.1 Å². The number of rotatable bonds is 5. The summed E-state index contributed by atoms with van der Waals surface area (Å²) in [7, 11) is 0. The molecule has 4 nitrogen and oxygen atoms in total. The Kier molecular flexibility index (Phi) is 4.09. The van der Waals surface area contributed by atoms with Crippen molar-refractivity contribution in [1.82, 2.24) is 4.98 Å². The first-order chi connectivity index (χ1) is 7.13. The molecule has 82 valence electrons. The molecule has 0 saturated heterocycles. The summed E-state index contributed by atoms with van der Waals surface area (Å²) in [6.45, 7) is 4.69. The molecular formula is C11H16N2O2. The van der Waals surface area contributed by atoms with Crippen LogP contribution in [0, 0.1) is 6.92 Å². The van der Waals surface area contributed by atoms with Crippen molar-refractivity contribution in [3.63, 3.8) is 0 Å². The van der Waals surface area contributed by atoms with E-state index in [-0.39, 0.29) is 6.54 Å². The van der Waals surface area contributed by atoms with Crippen molar-refractivity contribution in [1.29, 1.82) is 0 Å². The van der Waals surface area contributed by atoms with Crippen LogP contribution in [-0.2, 0) is 4.79 Å². The van der Waals surface area contributed by atoms with Gasteiger partial charge in [0.05, 0.1) is 0 Å². The number of pyridine rings is 1. The molecule has 0 radical (unpaired) electrons. The minimum absolute atomic E-state index is 0.00387. The largest absolute Gasteiger partial charge is 0.480 e. The van der Waals surface area contributed by atoms with Crippen LogP contribution in [0.25, 0.3) is 0 Å². The van der Waals surface area contributed by atoms with Gasteiger partial charge in [-0.25, -0.2) is 4.98 Å². The number of carboxylic acid groups (broad SMARTS) is 1. The first-order valence-electron chi connectivity index (χ1n) is 5.03. The van der Waals surface area contributed by atoms with E-state index in [0.717, 1.165) is 17.8 Å². The number of hydrogen-bond acceptors (Lipinski definition) is 3. The third-order valence-corrected chi connectivity index (χ3v) is 2.04. The molecule has 0 aromatic carbocycles. The van der Waals surface area contributed by atoms with Gasteiger partial charge in [0.25, 0.3) is 0 Å². The van der Waals surface area contributed by atoms with Crippen molar-refractivity contribution in [2.75, 3.05) is 18.0 Å². The van der Waals surface area contributed by atoms with Gasteiger partial charge in [0.15, 0.2) is 0 Å². The maximum atomic E-state index is 10.7. The molecule has 0 unspecified atom stereocenters. The smallest absolute Gasteiger partial charge is 0.323 e. The van der Waals surface area contributed by atoms with Crippen molar-refractivity contribution in [3.05, 3.63) is 23.9 Å². The van der Waals surface area contributed by atoms with Crippen LogP contribution in [0.15, 0.2) is 18.3 Å². The summed E-state index contributed by atoms with van der Waals surface area (Å²) in [5.41, 5.74) is 1.07. The molecule has 4 heteroatoms. The zero-order chi connectivity index (χ0) is 11.3. The fourth-order valence-electron chi connectivity index (χ4n) is 1.35. The molecule has 0 bridgehead atoms. The molecule has 1 heterocycles. The second-order valence-electron chi connectivity index (χ2n) is 3.51. The van der Waals surface area contributed by atoms with E-state index < -0.39 is 5.97 Å². The monoisotopic (exact) mass is 208 g/mol. The number of nitrogens with zero attached hydrogens (tertiary/aromatic N) is 2. The lowest BCUT2D eigenvalue weighted by atomic mass is 10.3. The van der Waals surface area contributed by atoms with E-state index in [4.69, 9.17) is 5.11 Å². The van der Waals surface area contributed by atoms with Gasteiger partial charge in [0.1, 0.15) is 12.4 Å². The van der Waals surface area contributed by atoms with Gasteiger partial charge >= 0.3 is 5.97 Å². The minimum atomic E-state index is -0.828. The highest BCUT2D eigenvalue weighted by Gasteiger charge is 2.10. The topological polar surface area (TPSA) is 53.4 Å². The van der Waals surface area contributed by atoms with E-state index in [1.807, 2.05) is 26.0 Å². The van der Waals surface area contributed by atoms with Gasteiger partial charge in [0.2, 0.25) is 0 Å². The highest BCUT2D eigenvalue weighted by atomic mass is 16.4. The van der Waals surface area contributed by atoms with Gasteiger partial charge in [-0.1, -0.05) is 13.0 Å². The Morgan fingerprint density at radius 3 is 2.73 bits per heavy atom. The SMILES string of the molecule is CCCN(CC(=O)O)c1ccc(C)cn1. The van der Waals surface area contributed by atoms with Crippen molar-refractivity contribution >= 4 is 11.8 Å². The highest BCUT2D eigenvalue weighted by Crippen LogP contribution is 2.11. The standard InChI is InChI=1S/C11H16N2O2/c1-3-6-13(8-11(14)15)10-5-4-9(2)7-12-10/h4-5,7H,3,6,8H2,1-2H3,(H,14,15). The number of carbonyl (C=O) groups is 1. The van der Waals surface area contributed by atoms with Crippen LogP contribution in [0.4, 0.5) is 5.82 Å². The van der Waals surface area contributed by atoms with Gasteiger partial charge < -0.3 is 10.0 Å². The van der Waals surface area contributed by atoms with Gasteiger partial charge in [-0.3, -0.25) is 4.79 Å². The van der Waals surface area contributed by atoms with E-state index in [1.165, 1.54) is 0 Å². The predicted molar refractivity (Wildman–Crippen MR) is 59.1 cm³/mol. The molecule has 0 atom stereocenters. The number of aromatic nitrogens is 1. The van der Waals surface area contributed by atoms with Crippen LogP contribution < -0.4 is 4.90 Å². The summed E-state index contributed by atoms with van der Waals surface area (Å²) >= 11 is 0. The Labute approximate surface area is 89.6 Å². The van der Waals surface area contributed by atoms with Gasteiger partial charge in [0, 0.05) is 12.7 Å². The summed E-state index contributed by atoms with van der Waals surface area (Å²) in [6, 6.07) is 3.79. The maximum Gasteiger partial charge on any atom is 0.323 e. The zero-order valence-corrected chi connectivity index (χ0v) is 9.10. The van der Waals surface area contributed by atoms with E-state index in [0.29, 0.717) is 6.54 Å². The summed E-state index contributed by atoms with van der Waals surface area (Å²) in [4.78, 5) is 16.6. The van der Waals surface area contributed by atoms with Gasteiger partial charge in [-0.05, 0) is 25.0 Å². The normalized spacial score (nSPS) is 10.0. The average molecular weight is 208 g/mol. The van der Waals surface area contributed by atoms with Crippen LogP contribution in [0.5, 0.6) is 0 Å². The Hall–Kier alpha value is -1.58. The predicted octanol–water partition coefficient (Wildman–Crippen LogP) is 1.69. The Bertz CT molecular complexity index is 322. The molecule has 1 aromatic rings. The second-order valence-corrected chi connectivity index (χ2v) is 3.51. The van der Waals surface area contributed by atoms with Crippen LogP contribution >= 0.6 is 0 Å². The zero-order valence-electron chi connectivity index (χ0n) is 9.10. The lowest BCUT2D eigenvalue weighted by molar-refractivity contribution is -0.135. The van der Waals surface area contributed by atoms with Crippen molar-refractivity contribution in [2.45, 2.75) is 20.3 Å². The first kappa shape index (κ1) is 11.5. The number of carboxylic acids is 1. The number of aryl methyl sites for hydroxylation is 1. The Morgan fingerprint density at radius 1 is 1.53 bits per heavy atom. The molecule has 15 heavy (non-hydrogen) atoms. The number of hydrogen-bond donors (Lipinski definition) is 1. The van der Waals surface area contributed by atoms with Crippen LogP contribution in [0.3, 0.4) is 0 Å². The van der Waals surface area contributed by atoms with Crippen LogP contribution in [0.2, 0.25) is 0 Å². The highest BCUT2D eigenvalue weighted by molar-refractivity contribution is 5.73.